The van der Waals surface area contributed by atoms with Crippen molar-refractivity contribution in [2.24, 2.45) is 0 Å². The summed E-state index contributed by atoms with van der Waals surface area (Å²) in [5, 5.41) is 5.99. The van der Waals surface area contributed by atoms with Crippen molar-refractivity contribution < 1.29 is 14.3 Å². The van der Waals surface area contributed by atoms with Crippen molar-refractivity contribution >= 4 is 28.1 Å². The summed E-state index contributed by atoms with van der Waals surface area (Å²) in [5.74, 6) is 1.23. The number of carbonyl (C=O) groups excluding carboxylic acids is 1. The molecule has 1 amide bonds. The van der Waals surface area contributed by atoms with E-state index in [0.29, 0.717) is 17.2 Å². The highest BCUT2D eigenvalue weighted by Crippen LogP contribution is 2.29. The van der Waals surface area contributed by atoms with Crippen molar-refractivity contribution in [3.63, 3.8) is 0 Å². The fourth-order valence-electron chi connectivity index (χ4n) is 2.99. The Morgan fingerprint density at radius 3 is 2.62 bits per heavy atom. The number of carbonyl (C=O) groups is 1. The van der Waals surface area contributed by atoms with E-state index in [9.17, 15) is 4.79 Å². The number of methoxy groups -OCH3 is 2. The van der Waals surface area contributed by atoms with Gasteiger partial charge in [-0.3, -0.25) is 9.69 Å². The lowest BCUT2D eigenvalue weighted by molar-refractivity contribution is -0.120. The van der Waals surface area contributed by atoms with Crippen LogP contribution in [0.25, 0.3) is 0 Å². The predicted molar refractivity (Wildman–Crippen MR) is 104 cm³/mol. The van der Waals surface area contributed by atoms with E-state index in [1.54, 1.807) is 43.8 Å². The molecule has 1 aliphatic rings. The first-order valence-electron chi connectivity index (χ1n) is 8.53. The molecule has 0 unspecified atom stereocenters. The molecule has 1 aliphatic heterocycles. The molecule has 3 rings (SSSR count). The molecule has 1 saturated heterocycles. The number of aromatic nitrogens is 1. The van der Waals surface area contributed by atoms with Crippen molar-refractivity contribution in [1.29, 1.82) is 0 Å². The third-order valence-corrected chi connectivity index (χ3v) is 5.43. The average Bonchev–Trinajstić information content (AvgIpc) is 3.22. The van der Waals surface area contributed by atoms with Crippen LogP contribution in [0.2, 0.25) is 0 Å². The first-order valence-corrected chi connectivity index (χ1v) is 9.41. The molecule has 0 bridgehead atoms. The number of benzene rings is 1. The van der Waals surface area contributed by atoms with Gasteiger partial charge in [-0.05, 0) is 19.1 Å². The number of thiazole rings is 1. The molecule has 1 atom stereocenters. The maximum absolute atomic E-state index is 12.7. The lowest BCUT2D eigenvalue weighted by atomic mass is 10.2. The Hall–Kier alpha value is -2.32. The summed E-state index contributed by atoms with van der Waals surface area (Å²) >= 11 is 1.65. The SMILES string of the molecule is COc1ccc(OC)c(NC(=O)[C@H](C)N2CCN(c3nccs3)CC2)c1. The number of ether oxygens (including phenoxy) is 2. The Kier molecular flexibility index (Phi) is 5.95. The second-order valence-corrected chi connectivity index (χ2v) is 6.94. The van der Waals surface area contributed by atoms with E-state index in [0.717, 1.165) is 31.3 Å². The lowest BCUT2D eigenvalue weighted by Gasteiger charge is -2.37. The molecule has 0 saturated carbocycles. The van der Waals surface area contributed by atoms with Crippen molar-refractivity contribution in [2.75, 3.05) is 50.6 Å². The summed E-state index contributed by atoms with van der Waals surface area (Å²) < 4.78 is 10.6. The van der Waals surface area contributed by atoms with E-state index in [-0.39, 0.29) is 11.9 Å². The highest BCUT2D eigenvalue weighted by molar-refractivity contribution is 7.13. The molecule has 2 aromatic rings. The molecule has 0 aliphatic carbocycles. The zero-order valence-electron chi connectivity index (χ0n) is 15.3. The van der Waals surface area contributed by atoms with Crippen LogP contribution in [0.1, 0.15) is 6.92 Å². The molecule has 7 nitrogen and oxygen atoms in total. The number of hydrogen-bond donors (Lipinski definition) is 1. The molecule has 1 fully saturated rings. The van der Waals surface area contributed by atoms with E-state index in [4.69, 9.17) is 9.47 Å². The molecular formula is C18H24N4O3S. The maximum Gasteiger partial charge on any atom is 0.241 e. The molecular weight excluding hydrogens is 352 g/mol. The third-order valence-electron chi connectivity index (χ3n) is 4.60. The topological polar surface area (TPSA) is 66.9 Å². The van der Waals surface area contributed by atoms with E-state index >= 15 is 0 Å². The minimum atomic E-state index is -0.232. The molecule has 1 aromatic heterocycles. The third kappa shape index (κ3) is 4.08. The Morgan fingerprint density at radius 2 is 2.00 bits per heavy atom. The van der Waals surface area contributed by atoms with Gasteiger partial charge in [0, 0.05) is 43.8 Å². The molecule has 1 N–H and O–H groups in total. The van der Waals surface area contributed by atoms with Gasteiger partial charge in [-0.2, -0.15) is 0 Å². The summed E-state index contributed by atoms with van der Waals surface area (Å²) in [5.41, 5.74) is 0.616. The standard InChI is InChI=1S/C18H24N4O3S/c1-13(21-7-9-22(10-8-21)18-19-6-11-26-18)17(23)20-15-12-14(24-2)4-5-16(15)25-3/h4-6,11-13H,7-10H2,1-3H3,(H,20,23)/t13-/m0/s1. The van der Waals surface area contributed by atoms with Crippen molar-refractivity contribution in [2.45, 2.75) is 13.0 Å². The summed E-state index contributed by atoms with van der Waals surface area (Å²) in [6, 6.07) is 5.12. The van der Waals surface area contributed by atoms with Crippen LogP contribution in [0.4, 0.5) is 10.8 Å². The molecule has 8 heteroatoms. The molecule has 26 heavy (non-hydrogen) atoms. The van der Waals surface area contributed by atoms with Crippen LogP contribution in [0.5, 0.6) is 11.5 Å². The minimum absolute atomic E-state index is 0.0562. The van der Waals surface area contributed by atoms with E-state index < -0.39 is 0 Å². The van der Waals surface area contributed by atoms with E-state index in [2.05, 4.69) is 20.1 Å². The second kappa shape index (κ2) is 8.37. The van der Waals surface area contributed by atoms with Gasteiger partial charge in [-0.25, -0.2) is 4.98 Å². The van der Waals surface area contributed by atoms with Crippen LogP contribution >= 0.6 is 11.3 Å². The number of nitrogens with zero attached hydrogens (tertiary/aromatic N) is 3. The first-order chi connectivity index (χ1) is 12.6. The Balaban J connectivity index is 1.60. The number of anilines is 2. The van der Waals surface area contributed by atoms with Gasteiger partial charge in [-0.15, -0.1) is 11.3 Å². The summed E-state index contributed by atoms with van der Waals surface area (Å²) in [4.78, 5) is 21.5. The maximum atomic E-state index is 12.7. The van der Waals surface area contributed by atoms with Gasteiger partial charge < -0.3 is 19.7 Å². The van der Waals surface area contributed by atoms with Crippen molar-refractivity contribution in [1.82, 2.24) is 9.88 Å². The van der Waals surface area contributed by atoms with Crippen LogP contribution in [0.3, 0.4) is 0 Å². The fourth-order valence-corrected chi connectivity index (χ4v) is 3.68. The van der Waals surface area contributed by atoms with Gasteiger partial charge in [0.05, 0.1) is 25.9 Å². The van der Waals surface area contributed by atoms with Crippen LogP contribution in [0, 0.1) is 0 Å². The van der Waals surface area contributed by atoms with Gasteiger partial charge in [0.15, 0.2) is 5.13 Å². The number of rotatable bonds is 6. The Labute approximate surface area is 157 Å². The minimum Gasteiger partial charge on any atom is -0.497 e. The highest BCUT2D eigenvalue weighted by Gasteiger charge is 2.27. The van der Waals surface area contributed by atoms with E-state index in [1.165, 1.54) is 0 Å². The smallest absolute Gasteiger partial charge is 0.241 e. The fraction of sp³-hybridized carbons (Fsp3) is 0.444. The molecule has 2 heterocycles. The van der Waals surface area contributed by atoms with Gasteiger partial charge in [0.2, 0.25) is 5.91 Å². The Bertz CT molecular complexity index is 730. The monoisotopic (exact) mass is 376 g/mol. The number of piperazine rings is 1. The summed E-state index contributed by atoms with van der Waals surface area (Å²) in [6.07, 6.45) is 1.82. The zero-order valence-corrected chi connectivity index (χ0v) is 16.1. The normalized spacial score (nSPS) is 16.2. The van der Waals surface area contributed by atoms with Crippen LogP contribution in [0.15, 0.2) is 29.8 Å². The molecule has 1 aromatic carbocycles. The largest absolute Gasteiger partial charge is 0.497 e. The number of amides is 1. The van der Waals surface area contributed by atoms with Gasteiger partial charge >= 0.3 is 0 Å². The molecule has 0 radical (unpaired) electrons. The van der Waals surface area contributed by atoms with Crippen LogP contribution in [-0.2, 0) is 4.79 Å². The van der Waals surface area contributed by atoms with Gasteiger partial charge in [0.1, 0.15) is 11.5 Å². The average molecular weight is 376 g/mol. The summed E-state index contributed by atoms with van der Waals surface area (Å²) in [6.45, 7) is 5.31. The second-order valence-electron chi connectivity index (χ2n) is 6.07. The van der Waals surface area contributed by atoms with Gasteiger partial charge in [0.25, 0.3) is 0 Å². The van der Waals surface area contributed by atoms with Crippen LogP contribution < -0.4 is 19.7 Å². The molecule has 0 spiro atoms. The number of nitrogens with one attached hydrogen (secondary N) is 1. The van der Waals surface area contributed by atoms with Crippen LogP contribution in [-0.4, -0.2) is 62.2 Å². The van der Waals surface area contributed by atoms with Crippen molar-refractivity contribution in [3.05, 3.63) is 29.8 Å². The Morgan fingerprint density at radius 1 is 1.23 bits per heavy atom. The predicted octanol–water partition coefficient (Wildman–Crippen LogP) is 2.31. The summed E-state index contributed by atoms with van der Waals surface area (Å²) in [7, 11) is 3.18. The van der Waals surface area contributed by atoms with Gasteiger partial charge in [-0.1, -0.05) is 0 Å². The number of hydrogen-bond acceptors (Lipinski definition) is 7. The lowest BCUT2D eigenvalue weighted by Crippen LogP contribution is -2.52. The zero-order chi connectivity index (χ0) is 18.5. The van der Waals surface area contributed by atoms with Crippen molar-refractivity contribution in [3.8, 4) is 11.5 Å². The molecule has 140 valence electrons. The first kappa shape index (κ1) is 18.5. The van der Waals surface area contributed by atoms with E-state index in [1.807, 2.05) is 18.5 Å². The quantitative estimate of drug-likeness (QED) is 0.835. The highest BCUT2D eigenvalue weighted by atomic mass is 32.1.